The van der Waals surface area contributed by atoms with Gasteiger partial charge in [-0.3, -0.25) is 14.9 Å². The van der Waals surface area contributed by atoms with Gasteiger partial charge < -0.3 is 4.74 Å². The predicted molar refractivity (Wildman–Crippen MR) is 98.4 cm³/mol. The molecule has 0 amide bonds. The maximum absolute atomic E-state index is 12.5. The van der Waals surface area contributed by atoms with Crippen LogP contribution in [0.4, 0.5) is 5.69 Å². The average molecular weight is 404 g/mol. The zero-order valence-electron chi connectivity index (χ0n) is 13.4. The summed E-state index contributed by atoms with van der Waals surface area (Å²) in [4.78, 5) is 22.8. The Morgan fingerprint density at radius 2 is 1.96 bits per heavy atom. The number of pyridine rings is 1. The molecule has 2 aromatic carbocycles. The number of aromatic nitrogens is 1. The van der Waals surface area contributed by atoms with E-state index in [-0.39, 0.29) is 35.0 Å². The molecule has 3 aromatic rings. The molecule has 0 saturated heterocycles. The summed E-state index contributed by atoms with van der Waals surface area (Å²) >= 11 is 0. The lowest BCUT2D eigenvalue weighted by molar-refractivity contribution is -0.657. The molecule has 0 bridgehead atoms. The van der Waals surface area contributed by atoms with Crippen LogP contribution >= 0.6 is 17.0 Å². The summed E-state index contributed by atoms with van der Waals surface area (Å²) in [5, 5.41) is 11.8. The first-order chi connectivity index (χ1) is 11.6. The number of hydrogen-bond donors (Lipinski definition) is 0. The van der Waals surface area contributed by atoms with Crippen LogP contribution in [0.25, 0.3) is 10.9 Å². The summed E-state index contributed by atoms with van der Waals surface area (Å²) in [5.74, 6) is 0.553. The number of non-ortho nitro benzene ring substituents is 1. The number of nitrogens with zero attached hydrogens (tertiary/aromatic N) is 2. The minimum Gasteiger partial charge on any atom is -0.497 e. The number of hydrogen-bond acceptors (Lipinski definition) is 4. The Morgan fingerprint density at radius 3 is 2.68 bits per heavy atom. The second kappa shape index (κ2) is 7.85. The zero-order chi connectivity index (χ0) is 17.1. The summed E-state index contributed by atoms with van der Waals surface area (Å²) in [7, 11) is 1.60. The number of carbonyl (C=O) groups is 1. The fourth-order valence-corrected chi connectivity index (χ4v) is 2.56. The van der Waals surface area contributed by atoms with Gasteiger partial charge in [-0.1, -0.05) is 12.1 Å². The summed E-state index contributed by atoms with van der Waals surface area (Å²) in [6.07, 6.45) is 1.81. The monoisotopic (exact) mass is 403 g/mol. The van der Waals surface area contributed by atoms with Crippen LogP contribution in [0, 0.1) is 10.1 Å². The SMILES string of the molecule is Br.COc1ccc2c(ccc[n+]2CC(=O)c2cccc([N+](=O)[O-])c2)c1. The number of methoxy groups -OCH3 is 1. The third kappa shape index (κ3) is 4.00. The Morgan fingerprint density at radius 1 is 1.16 bits per heavy atom. The Kier molecular flexibility index (Phi) is 5.82. The van der Waals surface area contributed by atoms with Gasteiger partial charge in [-0.2, -0.15) is 4.57 Å². The predicted octanol–water partition coefficient (Wildman–Crippen LogP) is 3.50. The molecule has 0 aliphatic heterocycles. The molecule has 0 unspecified atom stereocenters. The number of benzene rings is 2. The fraction of sp³-hybridized carbons (Fsp3) is 0.111. The molecule has 25 heavy (non-hydrogen) atoms. The van der Waals surface area contributed by atoms with Crippen molar-refractivity contribution in [1.29, 1.82) is 0 Å². The van der Waals surface area contributed by atoms with E-state index in [0.29, 0.717) is 5.56 Å². The van der Waals surface area contributed by atoms with Gasteiger partial charge in [0.2, 0.25) is 17.8 Å². The summed E-state index contributed by atoms with van der Waals surface area (Å²) in [5.41, 5.74) is 1.12. The summed E-state index contributed by atoms with van der Waals surface area (Å²) < 4.78 is 7.02. The molecule has 0 N–H and O–H groups in total. The zero-order valence-corrected chi connectivity index (χ0v) is 15.1. The molecule has 3 rings (SSSR count). The molecule has 1 heterocycles. The van der Waals surface area contributed by atoms with E-state index in [1.165, 1.54) is 18.2 Å². The summed E-state index contributed by atoms with van der Waals surface area (Å²) in [6.45, 7) is 0.102. The number of nitro groups is 1. The first-order valence-electron chi connectivity index (χ1n) is 7.32. The van der Waals surface area contributed by atoms with Crippen LogP contribution in [-0.4, -0.2) is 17.8 Å². The Bertz CT molecular complexity index is 943. The quantitative estimate of drug-likeness (QED) is 0.282. The van der Waals surface area contributed by atoms with Gasteiger partial charge in [0.1, 0.15) is 5.75 Å². The van der Waals surface area contributed by atoms with Crippen LogP contribution in [0.5, 0.6) is 5.75 Å². The Labute approximate surface area is 154 Å². The lowest BCUT2D eigenvalue weighted by atomic mass is 10.1. The van der Waals surface area contributed by atoms with E-state index < -0.39 is 4.92 Å². The molecular formula is C18H16BrN2O4+. The largest absolute Gasteiger partial charge is 0.497 e. The number of carbonyl (C=O) groups excluding carboxylic acids is 1. The molecule has 0 spiro atoms. The number of Topliss-reactive ketones (excluding diaryl/α,β-unsaturated/α-hetero) is 1. The van der Waals surface area contributed by atoms with Gasteiger partial charge in [0.05, 0.1) is 17.4 Å². The highest BCUT2D eigenvalue weighted by Crippen LogP contribution is 2.18. The van der Waals surface area contributed by atoms with E-state index in [0.717, 1.165) is 16.7 Å². The molecule has 0 saturated carbocycles. The van der Waals surface area contributed by atoms with Gasteiger partial charge in [0.15, 0.2) is 6.20 Å². The van der Waals surface area contributed by atoms with E-state index in [4.69, 9.17) is 4.74 Å². The van der Waals surface area contributed by atoms with Gasteiger partial charge in [0.25, 0.3) is 5.69 Å². The van der Waals surface area contributed by atoms with Crippen molar-refractivity contribution in [3.8, 4) is 5.75 Å². The van der Waals surface area contributed by atoms with Crippen molar-refractivity contribution in [2.75, 3.05) is 7.11 Å². The first kappa shape index (κ1) is 18.5. The second-order valence-electron chi connectivity index (χ2n) is 5.29. The standard InChI is InChI=1S/C18H15N2O4.BrH/c1-24-16-7-8-17-13(11-16)5-3-9-19(17)12-18(21)14-4-2-6-15(10-14)20(22)23;/h2-11H,12H2,1H3;1H/q+1;. The number of rotatable bonds is 5. The van der Waals surface area contributed by atoms with E-state index in [9.17, 15) is 14.9 Å². The van der Waals surface area contributed by atoms with E-state index in [1.54, 1.807) is 13.2 Å². The van der Waals surface area contributed by atoms with Crippen LogP contribution in [0.1, 0.15) is 10.4 Å². The molecule has 7 heteroatoms. The number of fused-ring (bicyclic) bond motifs is 1. The van der Waals surface area contributed by atoms with Crippen LogP contribution in [-0.2, 0) is 6.54 Å². The lowest BCUT2D eigenvalue weighted by Gasteiger charge is -2.04. The fourth-order valence-electron chi connectivity index (χ4n) is 2.56. The van der Waals surface area contributed by atoms with Crippen LogP contribution in [0.3, 0.4) is 0 Å². The molecule has 0 aliphatic rings. The normalized spacial score (nSPS) is 10.1. The van der Waals surface area contributed by atoms with Gasteiger partial charge in [0, 0.05) is 29.8 Å². The van der Waals surface area contributed by atoms with Gasteiger partial charge >= 0.3 is 0 Å². The molecule has 128 valence electrons. The minimum atomic E-state index is -0.506. The molecule has 0 fully saturated rings. The van der Waals surface area contributed by atoms with E-state index in [2.05, 4.69) is 0 Å². The van der Waals surface area contributed by atoms with Gasteiger partial charge in [-0.25, -0.2) is 0 Å². The van der Waals surface area contributed by atoms with Crippen LogP contribution in [0.15, 0.2) is 60.8 Å². The van der Waals surface area contributed by atoms with Crippen molar-refractivity contribution in [3.05, 3.63) is 76.5 Å². The molecule has 0 atom stereocenters. The van der Waals surface area contributed by atoms with Gasteiger partial charge in [-0.15, -0.1) is 17.0 Å². The average Bonchev–Trinajstić information content (AvgIpc) is 2.61. The maximum Gasteiger partial charge on any atom is 0.270 e. The topological polar surface area (TPSA) is 73.3 Å². The smallest absolute Gasteiger partial charge is 0.270 e. The highest BCUT2D eigenvalue weighted by Gasteiger charge is 2.17. The van der Waals surface area contributed by atoms with Crippen molar-refractivity contribution < 1.29 is 19.0 Å². The highest BCUT2D eigenvalue weighted by atomic mass is 79.9. The number of ketones is 1. The molecule has 1 aromatic heterocycles. The molecule has 0 aliphatic carbocycles. The van der Waals surface area contributed by atoms with Crippen molar-refractivity contribution in [2.45, 2.75) is 6.54 Å². The van der Waals surface area contributed by atoms with Crippen molar-refractivity contribution in [1.82, 2.24) is 0 Å². The molecule has 0 radical (unpaired) electrons. The van der Waals surface area contributed by atoms with Crippen LogP contribution < -0.4 is 9.30 Å². The first-order valence-corrected chi connectivity index (χ1v) is 7.32. The third-order valence-electron chi connectivity index (χ3n) is 3.78. The van der Waals surface area contributed by atoms with Crippen molar-refractivity contribution in [3.63, 3.8) is 0 Å². The van der Waals surface area contributed by atoms with E-state index in [1.807, 2.05) is 41.1 Å². The molecule has 6 nitrogen and oxygen atoms in total. The van der Waals surface area contributed by atoms with Crippen molar-refractivity contribution in [2.24, 2.45) is 0 Å². The molecular weight excluding hydrogens is 388 g/mol. The van der Waals surface area contributed by atoms with Gasteiger partial charge in [-0.05, 0) is 18.2 Å². The lowest BCUT2D eigenvalue weighted by Crippen LogP contribution is -2.38. The minimum absolute atomic E-state index is 0. The van der Waals surface area contributed by atoms with Crippen LogP contribution in [0.2, 0.25) is 0 Å². The maximum atomic E-state index is 12.5. The Hall–Kier alpha value is -2.80. The number of ether oxygens (including phenoxy) is 1. The van der Waals surface area contributed by atoms with E-state index >= 15 is 0 Å². The number of halogens is 1. The third-order valence-corrected chi connectivity index (χ3v) is 3.78. The number of nitro benzene ring substituents is 1. The second-order valence-corrected chi connectivity index (χ2v) is 5.29. The van der Waals surface area contributed by atoms with Crippen molar-refractivity contribution >= 4 is 39.4 Å². The highest BCUT2D eigenvalue weighted by molar-refractivity contribution is 8.93. The Balaban J connectivity index is 0.00000225. The summed E-state index contributed by atoms with van der Waals surface area (Å²) in [6, 6.07) is 15.2.